The molecular formula is C22H24F3N3O2. The van der Waals surface area contributed by atoms with Crippen molar-refractivity contribution in [1.29, 1.82) is 0 Å². The number of H-pyrrole nitrogens is 1. The van der Waals surface area contributed by atoms with Crippen LogP contribution in [0.5, 0.6) is 5.88 Å². The molecule has 8 heteroatoms. The summed E-state index contributed by atoms with van der Waals surface area (Å²) in [5.41, 5.74) is 0.658. The van der Waals surface area contributed by atoms with Gasteiger partial charge in [-0.05, 0) is 30.7 Å². The van der Waals surface area contributed by atoms with Crippen molar-refractivity contribution >= 4 is 28.5 Å². The minimum atomic E-state index is -4.52. The van der Waals surface area contributed by atoms with Gasteiger partial charge in [-0.3, -0.25) is 4.99 Å². The van der Waals surface area contributed by atoms with Crippen LogP contribution in [0.15, 0.2) is 47.5 Å². The molecule has 0 aliphatic carbocycles. The SMILES string of the molecule is CCCN(CCOC)c1ccc(N=Cc2c(O)[nH]c3ccccc23)cc1C(F)(F)F. The third-order valence-corrected chi connectivity index (χ3v) is 4.75. The van der Waals surface area contributed by atoms with Crippen molar-refractivity contribution in [2.45, 2.75) is 19.5 Å². The van der Waals surface area contributed by atoms with Crippen LogP contribution in [0.4, 0.5) is 24.5 Å². The summed E-state index contributed by atoms with van der Waals surface area (Å²) in [5.74, 6) is -0.0821. The topological polar surface area (TPSA) is 60.9 Å². The summed E-state index contributed by atoms with van der Waals surface area (Å²) in [6.45, 7) is 3.09. The molecule has 0 aliphatic rings. The van der Waals surface area contributed by atoms with Crippen molar-refractivity contribution in [2.75, 3.05) is 31.7 Å². The van der Waals surface area contributed by atoms with Crippen LogP contribution < -0.4 is 4.90 Å². The fraction of sp³-hybridized carbons (Fsp3) is 0.318. The van der Waals surface area contributed by atoms with Crippen molar-refractivity contribution in [3.63, 3.8) is 0 Å². The highest BCUT2D eigenvalue weighted by Crippen LogP contribution is 2.39. The van der Waals surface area contributed by atoms with Gasteiger partial charge in [0.2, 0.25) is 0 Å². The molecule has 0 fully saturated rings. The Hall–Kier alpha value is -3.00. The van der Waals surface area contributed by atoms with E-state index in [1.54, 1.807) is 23.1 Å². The molecule has 2 aromatic carbocycles. The van der Waals surface area contributed by atoms with Gasteiger partial charge in [-0.1, -0.05) is 25.1 Å². The van der Waals surface area contributed by atoms with Crippen LogP contribution in [0.3, 0.4) is 0 Å². The predicted molar refractivity (Wildman–Crippen MR) is 113 cm³/mol. The van der Waals surface area contributed by atoms with E-state index in [0.717, 1.165) is 17.0 Å². The molecule has 3 aromatic rings. The average Bonchev–Trinajstić information content (AvgIpc) is 3.04. The molecular weight excluding hydrogens is 395 g/mol. The number of halogens is 3. The quantitative estimate of drug-likeness (QED) is 0.474. The molecule has 0 aliphatic heterocycles. The highest BCUT2D eigenvalue weighted by Gasteiger charge is 2.35. The largest absolute Gasteiger partial charge is 0.494 e. The van der Waals surface area contributed by atoms with Gasteiger partial charge in [-0.25, -0.2) is 0 Å². The average molecular weight is 419 g/mol. The Bertz CT molecular complexity index is 1030. The maximum absolute atomic E-state index is 13.8. The highest BCUT2D eigenvalue weighted by molar-refractivity contribution is 6.02. The number of nitrogens with zero attached hydrogens (tertiary/aromatic N) is 2. The number of ether oxygens (including phenoxy) is 1. The fourth-order valence-electron chi connectivity index (χ4n) is 3.35. The lowest BCUT2D eigenvalue weighted by molar-refractivity contribution is -0.137. The van der Waals surface area contributed by atoms with Crippen LogP contribution in [0.1, 0.15) is 24.5 Å². The summed E-state index contributed by atoms with van der Waals surface area (Å²) in [5, 5.41) is 10.8. The summed E-state index contributed by atoms with van der Waals surface area (Å²) in [4.78, 5) is 8.69. The zero-order valence-corrected chi connectivity index (χ0v) is 16.8. The number of alkyl halides is 3. The van der Waals surface area contributed by atoms with E-state index in [0.29, 0.717) is 31.7 Å². The second kappa shape index (κ2) is 9.21. The predicted octanol–water partition coefficient (Wildman–Crippen LogP) is 5.51. The van der Waals surface area contributed by atoms with Gasteiger partial charge >= 0.3 is 6.18 Å². The molecule has 30 heavy (non-hydrogen) atoms. The number of hydrogen-bond donors (Lipinski definition) is 2. The monoisotopic (exact) mass is 419 g/mol. The van der Waals surface area contributed by atoms with E-state index in [1.165, 1.54) is 19.4 Å². The number of benzene rings is 2. The molecule has 5 nitrogen and oxygen atoms in total. The Morgan fingerprint density at radius 3 is 2.63 bits per heavy atom. The van der Waals surface area contributed by atoms with Crippen molar-refractivity contribution in [3.8, 4) is 5.88 Å². The van der Waals surface area contributed by atoms with Crippen molar-refractivity contribution in [1.82, 2.24) is 4.98 Å². The van der Waals surface area contributed by atoms with Crippen LogP contribution in [0, 0.1) is 0 Å². The number of aromatic hydroxyl groups is 1. The van der Waals surface area contributed by atoms with Crippen molar-refractivity contribution in [3.05, 3.63) is 53.6 Å². The van der Waals surface area contributed by atoms with Crippen LogP contribution in [-0.4, -0.2) is 43.1 Å². The van der Waals surface area contributed by atoms with E-state index in [1.807, 2.05) is 19.1 Å². The number of anilines is 1. The smallest absolute Gasteiger partial charge is 0.418 e. The zero-order chi connectivity index (χ0) is 21.7. The molecule has 0 bridgehead atoms. The Morgan fingerprint density at radius 1 is 1.17 bits per heavy atom. The van der Waals surface area contributed by atoms with Gasteiger partial charge in [-0.15, -0.1) is 0 Å². The molecule has 2 N–H and O–H groups in total. The standard InChI is InChI=1S/C22H24F3N3O2/c1-3-10-28(11-12-30-2)20-9-8-15(13-18(20)22(23,24)25)26-14-17-16-6-4-5-7-19(16)27-21(17)29/h4-9,13-14,27,29H,3,10-12H2,1-2H3. The summed E-state index contributed by atoms with van der Waals surface area (Å²) in [6, 6.07) is 11.2. The van der Waals surface area contributed by atoms with Crippen molar-refractivity contribution in [2.24, 2.45) is 4.99 Å². The van der Waals surface area contributed by atoms with E-state index in [2.05, 4.69) is 9.98 Å². The minimum Gasteiger partial charge on any atom is -0.494 e. The van der Waals surface area contributed by atoms with Gasteiger partial charge in [0.1, 0.15) is 0 Å². The second-order valence-electron chi connectivity index (χ2n) is 6.87. The summed E-state index contributed by atoms with van der Waals surface area (Å²) < 4.78 is 46.4. The molecule has 3 rings (SSSR count). The number of methoxy groups -OCH3 is 1. The second-order valence-corrected chi connectivity index (χ2v) is 6.87. The Morgan fingerprint density at radius 2 is 1.93 bits per heavy atom. The Balaban J connectivity index is 1.98. The van der Waals surface area contributed by atoms with E-state index >= 15 is 0 Å². The Labute approximate surface area is 172 Å². The fourth-order valence-corrected chi connectivity index (χ4v) is 3.35. The first-order chi connectivity index (χ1) is 14.3. The first kappa shape index (κ1) is 21.7. The first-order valence-corrected chi connectivity index (χ1v) is 9.64. The molecule has 0 atom stereocenters. The molecule has 1 heterocycles. The normalized spacial score (nSPS) is 12.2. The Kier molecular flexibility index (Phi) is 6.66. The van der Waals surface area contributed by atoms with Gasteiger partial charge in [0.05, 0.1) is 23.4 Å². The third-order valence-electron chi connectivity index (χ3n) is 4.75. The van der Waals surface area contributed by atoms with Crippen molar-refractivity contribution < 1.29 is 23.0 Å². The minimum absolute atomic E-state index is 0.0821. The zero-order valence-electron chi connectivity index (χ0n) is 16.8. The maximum atomic E-state index is 13.8. The number of aromatic amines is 1. The molecule has 0 saturated carbocycles. The molecule has 0 spiro atoms. The number of aliphatic imine (C=N–C) groups is 1. The van der Waals surface area contributed by atoms with Gasteiger partial charge in [0, 0.05) is 43.0 Å². The number of rotatable bonds is 8. The number of hydrogen-bond acceptors (Lipinski definition) is 4. The summed E-state index contributed by atoms with van der Waals surface area (Å²) in [6.07, 6.45) is -2.44. The van der Waals surface area contributed by atoms with E-state index < -0.39 is 11.7 Å². The van der Waals surface area contributed by atoms with Crippen LogP contribution in [-0.2, 0) is 10.9 Å². The van der Waals surface area contributed by atoms with E-state index in [9.17, 15) is 18.3 Å². The first-order valence-electron chi connectivity index (χ1n) is 9.64. The van der Waals surface area contributed by atoms with Gasteiger partial charge in [0.25, 0.3) is 0 Å². The van der Waals surface area contributed by atoms with E-state index in [4.69, 9.17) is 4.74 Å². The molecule has 0 unspecified atom stereocenters. The maximum Gasteiger partial charge on any atom is 0.418 e. The molecule has 0 saturated heterocycles. The van der Waals surface area contributed by atoms with Gasteiger partial charge < -0.3 is 19.7 Å². The summed E-state index contributed by atoms with van der Waals surface area (Å²) in [7, 11) is 1.52. The molecule has 0 radical (unpaired) electrons. The van der Waals surface area contributed by atoms with E-state index in [-0.39, 0.29) is 17.3 Å². The number of nitrogens with one attached hydrogen (secondary N) is 1. The number of para-hydroxylation sites is 1. The van der Waals surface area contributed by atoms with Gasteiger partial charge in [-0.2, -0.15) is 13.2 Å². The van der Waals surface area contributed by atoms with Gasteiger partial charge in [0.15, 0.2) is 5.88 Å². The number of aromatic nitrogens is 1. The molecule has 0 amide bonds. The third kappa shape index (κ3) is 4.76. The van der Waals surface area contributed by atoms with Crippen LogP contribution in [0.25, 0.3) is 10.9 Å². The lowest BCUT2D eigenvalue weighted by Gasteiger charge is -2.27. The lowest BCUT2D eigenvalue weighted by atomic mass is 10.1. The van der Waals surface area contributed by atoms with Crippen LogP contribution in [0.2, 0.25) is 0 Å². The lowest BCUT2D eigenvalue weighted by Crippen LogP contribution is -2.30. The highest BCUT2D eigenvalue weighted by atomic mass is 19.4. The summed E-state index contributed by atoms with van der Waals surface area (Å²) >= 11 is 0. The number of fused-ring (bicyclic) bond motifs is 1. The molecule has 160 valence electrons. The van der Waals surface area contributed by atoms with Crippen LogP contribution >= 0.6 is 0 Å². The molecule has 1 aromatic heterocycles.